The van der Waals surface area contributed by atoms with Crippen LogP contribution >= 0.6 is 0 Å². The number of carbonyl (C=O) groups is 2. The lowest BCUT2D eigenvalue weighted by Gasteiger charge is -2.65. The first-order chi connectivity index (χ1) is 18.9. The number of hydrogen-bond acceptors (Lipinski definition) is 10. The molecule has 0 bridgehead atoms. The second-order valence-corrected chi connectivity index (χ2v) is 13.6. The van der Waals surface area contributed by atoms with Crippen molar-refractivity contribution in [3.8, 4) is 0 Å². The van der Waals surface area contributed by atoms with Gasteiger partial charge in [-0.15, -0.1) is 0 Å². The molecule has 4 saturated carbocycles. The average Bonchev–Trinajstić information content (AvgIpc) is 3.46. The zero-order chi connectivity index (χ0) is 28.7. The Morgan fingerprint density at radius 3 is 2.45 bits per heavy atom. The lowest BCUT2D eigenvalue weighted by atomic mass is 9.41. The second kappa shape index (κ2) is 9.82. The monoisotopic (exact) mass is 564 g/mol. The molecule has 0 radical (unpaired) electrons. The Morgan fingerprint density at radius 2 is 1.77 bits per heavy atom. The molecule has 6 aliphatic rings. The number of aldehydes is 1. The van der Waals surface area contributed by atoms with Crippen molar-refractivity contribution in [2.24, 2.45) is 28.6 Å². The van der Waals surface area contributed by atoms with E-state index in [0.717, 1.165) is 18.3 Å². The van der Waals surface area contributed by atoms with Gasteiger partial charge < -0.3 is 44.2 Å². The predicted octanol–water partition coefficient (Wildman–Crippen LogP) is 1.40. The molecule has 2 heterocycles. The van der Waals surface area contributed by atoms with Gasteiger partial charge >= 0.3 is 5.97 Å². The first-order valence-electron chi connectivity index (χ1n) is 14.9. The van der Waals surface area contributed by atoms with E-state index in [2.05, 4.69) is 6.92 Å². The maximum Gasteiger partial charge on any atom is 0.331 e. The van der Waals surface area contributed by atoms with Gasteiger partial charge in [0.05, 0.1) is 28.8 Å². The van der Waals surface area contributed by atoms with E-state index >= 15 is 0 Å². The summed E-state index contributed by atoms with van der Waals surface area (Å²) in [5.74, 6) is -0.563. The highest BCUT2D eigenvalue weighted by atomic mass is 16.7. The lowest BCUT2D eigenvalue weighted by Crippen LogP contribution is -2.69. The highest BCUT2D eigenvalue weighted by Crippen LogP contribution is 2.70. The SMILES string of the molecule is CO[C@H]1[C@@H](O)[C@@H](C)OC(OC2CCC3(C=O)C4CCC5(C)C(C6=CC(=O)OC6)CCC5(O)C4CCC3(O)C2)[C@@H]1O. The summed E-state index contributed by atoms with van der Waals surface area (Å²) >= 11 is 0. The summed E-state index contributed by atoms with van der Waals surface area (Å²) in [5, 5.41) is 45.6. The van der Waals surface area contributed by atoms with Gasteiger partial charge in [-0.3, -0.25) is 0 Å². The summed E-state index contributed by atoms with van der Waals surface area (Å²) in [5.41, 5.74) is -2.77. The number of rotatable bonds is 5. The van der Waals surface area contributed by atoms with Crippen LogP contribution < -0.4 is 0 Å². The molecule has 13 atom stereocenters. The van der Waals surface area contributed by atoms with Crippen LogP contribution in [0.25, 0.3) is 0 Å². The topological polar surface area (TPSA) is 152 Å². The third-order valence-corrected chi connectivity index (χ3v) is 12.2. The number of carbonyl (C=O) groups excluding carboxylic acids is 2. The fourth-order valence-electron chi connectivity index (χ4n) is 10.0. The van der Waals surface area contributed by atoms with Crippen LogP contribution in [0.15, 0.2) is 11.6 Å². The van der Waals surface area contributed by atoms with Crippen molar-refractivity contribution in [2.45, 2.75) is 120 Å². The molecule has 9 unspecified atom stereocenters. The van der Waals surface area contributed by atoms with E-state index in [1.54, 1.807) is 13.0 Å². The largest absolute Gasteiger partial charge is 0.458 e. The predicted molar refractivity (Wildman–Crippen MR) is 140 cm³/mol. The normalized spacial score (nSPS) is 54.1. The smallest absolute Gasteiger partial charge is 0.331 e. The first-order valence-corrected chi connectivity index (χ1v) is 14.9. The lowest BCUT2D eigenvalue weighted by molar-refractivity contribution is -0.319. The standard InChI is InChI=1S/C30H44O10/c1-16-23(33)25(37-3)24(34)26(39-16)40-18-4-9-28(15-31)20-5-8-27(2)19(17-12-22(32)38-14-17)7-11-30(27,36)21(20)6-10-29(28,35)13-18/h12,15-16,18-21,23-26,33-36H,4-11,13-14H2,1-3H3/t16-,18?,19?,20?,21?,23+,24-,25+,26?,27?,28?,29?,30?/m1/s1. The fourth-order valence-corrected chi connectivity index (χ4v) is 10.0. The van der Waals surface area contributed by atoms with Gasteiger partial charge in [0, 0.05) is 25.0 Å². The summed E-state index contributed by atoms with van der Waals surface area (Å²) in [4.78, 5) is 24.8. The average molecular weight is 565 g/mol. The summed E-state index contributed by atoms with van der Waals surface area (Å²) in [6.07, 6.45) is 2.28. The van der Waals surface area contributed by atoms with Crippen LogP contribution in [-0.2, 0) is 28.5 Å². The Morgan fingerprint density at radius 1 is 1.02 bits per heavy atom. The van der Waals surface area contributed by atoms with Gasteiger partial charge in [-0.2, -0.15) is 0 Å². The minimum absolute atomic E-state index is 0.0563. The molecule has 0 amide bonds. The van der Waals surface area contributed by atoms with Crippen LogP contribution in [0.2, 0.25) is 0 Å². The fraction of sp³-hybridized carbons (Fsp3) is 0.867. The molecule has 40 heavy (non-hydrogen) atoms. The maximum atomic E-state index is 13.0. The quantitative estimate of drug-likeness (QED) is 0.219. The van der Waals surface area contributed by atoms with E-state index in [0.29, 0.717) is 44.9 Å². The third kappa shape index (κ3) is 3.86. The minimum Gasteiger partial charge on any atom is -0.458 e. The van der Waals surface area contributed by atoms with Crippen molar-refractivity contribution in [1.29, 1.82) is 0 Å². The Bertz CT molecular complexity index is 1060. The second-order valence-electron chi connectivity index (χ2n) is 13.6. The molecule has 0 spiro atoms. The number of hydrogen-bond donors (Lipinski definition) is 4. The van der Waals surface area contributed by atoms with Gasteiger partial charge in [-0.25, -0.2) is 4.79 Å². The Hall–Kier alpha value is -1.40. The first kappa shape index (κ1) is 28.7. The van der Waals surface area contributed by atoms with Crippen LogP contribution in [0.5, 0.6) is 0 Å². The number of fused-ring (bicyclic) bond motifs is 5. The van der Waals surface area contributed by atoms with E-state index in [1.165, 1.54) is 7.11 Å². The number of aliphatic hydroxyl groups excluding tert-OH is 2. The van der Waals surface area contributed by atoms with Crippen LogP contribution in [0.1, 0.15) is 71.6 Å². The molecule has 0 aromatic carbocycles. The highest BCUT2D eigenvalue weighted by Gasteiger charge is 2.71. The van der Waals surface area contributed by atoms with Crippen molar-refractivity contribution in [3.05, 3.63) is 11.6 Å². The Balaban J connectivity index is 1.22. The van der Waals surface area contributed by atoms with Gasteiger partial charge in [0.2, 0.25) is 0 Å². The van der Waals surface area contributed by atoms with E-state index in [9.17, 15) is 30.0 Å². The molecule has 4 aliphatic carbocycles. The van der Waals surface area contributed by atoms with Crippen molar-refractivity contribution < 1.29 is 49.0 Å². The summed E-state index contributed by atoms with van der Waals surface area (Å²) < 4.78 is 22.4. The number of methoxy groups -OCH3 is 1. The molecular formula is C30H44O10. The Kier molecular flexibility index (Phi) is 7.05. The number of esters is 1. The molecule has 0 aromatic heterocycles. The summed E-state index contributed by atoms with van der Waals surface area (Å²) in [6, 6.07) is 0. The van der Waals surface area contributed by atoms with Crippen LogP contribution in [0, 0.1) is 28.6 Å². The molecule has 4 N–H and O–H groups in total. The zero-order valence-electron chi connectivity index (χ0n) is 23.7. The van der Waals surface area contributed by atoms with E-state index < -0.39 is 58.8 Å². The van der Waals surface area contributed by atoms with Crippen molar-refractivity contribution in [2.75, 3.05) is 13.7 Å². The van der Waals surface area contributed by atoms with Gasteiger partial charge in [0.1, 0.15) is 31.2 Å². The number of ether oxygens (including phenoxy) is 4. The number of cyclic esters (lactones) is 1. The molecular weight excluding hydrogens is 520 g/mol. The summed E-state index contributed by atoms with van der Waals surface area (Å²) in [7, 11) is 1.42. The van der Waals surface area contributed by atoms with Crippen molar-refractivity contribution in [3.63, 3.8) is 0 Å². The molecule has 5 fully saturated rings. The van der Waals surface area contributed by atoms with Crippen molar-refractivity contribution >= 4 is 12.3 Å². The molecule has 224 valence electrons. The maximum absolute atomic E-state index is 13.0. The van der Waals surface area contributed by atoms with Gasteiger partial charge in [-0.05, 0) is 81.6 Å². The molecule has 2 aliphatic heterocycles. The van der Waals surface area contributed by atoms with Crippen molar-refractivity contribution in [1.82, 2.24) is 0 Å². The molecule has 10 nitrogen and oxygen atoms in total. The van der Waals surface area contributed by atoms with Gasteiger partial charge in [0.25, 0.3) is 0 Å². The third-order valence-electron chi connectivity index (χ3n) is 12.2. The van der Waals surface area contributed by atoms with Gasteiger partial charge in [-0.1, -0.05) is 6.92 Å². The molecule has 1 saturated heterocycles. The molecule has 6 rings (SSSR count). The zero-order valence-corrected chi connectivity index (χ0v) is 23.7. The highest BCUT2D eigenvalue weighted by molar-refractivity contribution is 5.85. The minimum atomic E-state index is -1.30. The summed E-state index contributed by atoms with van der Waals surface area (Å²) in [6.45, 7) is 4.10. The molecule has 0 aromatic rings. The van der Waals surface area contributed by atoms with E-state index in [-0.39, 0.29) is 36.8 Å². The van der Waals surface area contributed by atoms with Crippen LogP contribution in [0.4, 0.5) is 0 Å². The van der Waals surface area contributed by atoms with Gasteiger partial charge in [0.15, 0.2) is 6.29 Å². The Labute approximate surface area is 235 Å². The van der Waals surface area contributed by atoms with Crippen LogP contribution in [-0.4, -0.2) is 94.4 Å². The van der Waals surface area contributed by atoms with E-state index in [1.807, 2.05) is 0 Å². The molecule has 10 heteroatoms. The number of aliphatic hydroxyl groups is 4. The van der Waals surface area contributed by atoms with E-state index in [4.69, 9.17) is 18.9 Å². The van der Waals surface area contributed by atoms with Crippen LogP contribution in [0.3, 0.4) is 0 Å².